The minimum atomic E-state index is 0.500. The summed E-state index contributed by atoms with van der Waals surface area (Å²) in [6, 6.07) is 10.6. The maximum absolute atomic E-state index is 9.47. The number of nitrogens with zero attached hydrogens (tertiary/aromatic N) is 3. The normalized spacial score (nSPS) is 10.9. The van der Waals surface area contributed by atoms with Crippen molar-refractivity contribution in [1.82, 2.24) is 9.97 Å². The molecule has 0 aromatic carbocycles. The van der Waals surface area contributed by atoms with Crippen molar-refractivity contribution in [2.75, 3.05) is 0 Å². The number of pyridine rings is 2. The average Bonchev–Trinajstić information content (AvgIpc) is 2.83. The Hall–Kier alpha value is -2.21. The molecule has 0 spiro atoms. The van der Waals surface area contributed by atoms with E-state index in [4.69, 9.17) is 0 Å². The highest BCUT2D eigenvalue weighted by Crippen LogP contribution is 2.21. The Kier molecular flexibility index (Phi) is 13.4. The predicted octanol–water partition coefficient (Wildman–Crippen LogP) is 8.60. The Bertz CT molecular complexity index is 806. The molecule has 32 heavy (non-hydrogen) atoms. The summed E-state index contributed by atoms with van der Waals surface area (Å²) in [5.41, 5.74) is 4.76. The Morgan fingerprint density at radius 3 is 1.78 bits per heavy atom. The molecule has 0 N–H and O–H groups in total. The van der Waals surface area contributed by atoms with Gasteiger partial charge >= 0.3 is 0 Å². The van der Waals surface area contributed by atoms with Gasteiger partial charge in [-0.2, -0.15) is 5.26 Å². The Labute approximate surface area is 196 Å². The van der Waals surface area contributed by atoms with Crippen LogP contribution in [0.5, 0.6) is 0 Å². The van der Waals surface area contributed by atoms with Crippen LogP contribution in [-0.4, -0.2) is 9.97 Å². The van der Waals surface area contributed by atoms with Gasteiger partial charge in [0.1, 0.15) is 11.8 Å². The van der Waals surface area contributed by atoms with Crippen LogP contribution >= 0.6 is 0 Å². The van der Waals surface area contributed by atoms with Crippen LogP contribution in [0.3, 0.4) is 0 Å². The second-order valence-electron chi connectivity index (χ2n) is 9.15. The highest BCUT2D eigenvalue weighted by atomic mass is 14.8. The highest BCUT2D eigenvalue weighted by Gasteiger charge is 2.08. The fourth-order valence-corrected chi connectivity index (χ4v) is 4.26. The van der Waals surface area contributed by atoms with E-state index >= 15 is 0 Å². The number of rotatable bonds is 17. The summed E-state index contributed by atoms with van der Waals surface area (Å²) in [5.74, 6) is 0. The van der Waals surface area contributed by atoms with E-state index in [0.29, 0.717) is 5.69 Å². The van der Waals surface area contributed by atoms with E-state index < -0.39 is 0 Å². The van der Waals surface area contributed by atoms with Gasteiger partial charge < -0.3 is 0 Å². The van der Waals surface area contributed by atoms with Gasteiger partial charge in [0.25, 0.3) is 0 Å². The molecule has 0 aliphatic heterocycles. The lowest BCUT2D eigenvalue weighted by Crippen LogP contribution is -1.96. The summed E-state index contributed by atoms with van der Waals surface area (Å²) in [7, 11) is 0. The maximum atomic E-state index is 9.47. The fraction of sp³-hybridized carbons (Fsp3) is 0.621. The summed E-state index contributed by atoms with van der Waals surface area (Å²) in [6.07, 6.45) is 22.4. The van der Waals surface area contributed by atoms with Gasteiger partial charge in [-0.1, -0.05) is 90.9 Å². The van der Waals surface area contributed by atoms with Crippen LogP contribution in [0.25, 0.3) is 11.4 Å². The molecule has 0 fully saturated rings. The van der Waals surface area contributed by atoms with Crippen LogP contribution in [0, 0.1) is 11.3 Å². The van der Waals surface area contributed by atoms with Crippen LogP contribution < -0.4 is 0 Å². The largest absolute Gasteiger partial charge is 0.255 e. The zero-order valence-corrected chi connectivity index (χ0v) is 20.5. The molecule has 0 aliphatic carbocycles. The molecule has 2 aromatic heterocycles. The molecule has 0 radical (unpaired) electrons. The summed E-state index contributed by atoms with van der Waals surface area (Å²) in [4.78, 5) is 9.13. The van der Waals surface area contributed by atoms with Crippen molar-refractivity contribution < 1.29 is 0 Å². The van der Waals surface area contributed by atoms with E-state index in [9.17, 15) is 5.26 Å². The third-order valence-electron chi connectivity index (χ3n) is 6.22. The molecule has 0 aliphatic rings. The third-order valence-corrected chi connectivity index (χ3v) is 6.22. The zero-order chi connectivity index (χ0) is 22.9. The summed E-state index contributed by atoms with van der Waals surface area (Å²) < 4.78 is 0. The molecular formula is C29H43N3. The molecule has 2 aromatic rings. The molecule has 2 heterocycles. The minimum absolute atomic E-state index is 0.500. The predicted molar refractivity (Wildman–Crippen MR) is 136 cm³/mol. The second kappa shape index (κ2) is 16.4. The van der Waals surface area contributed by atoms with Crippen molar-refractivity contribution in [2.45, 2.75) is 117 Å². The first-order valence-corrected chi connectivity index (χ1v) is 13.1. The molecule has 0 saturated carbocycles. The van der Waals surface area contributed by atoms with Crippen molar-refractivity contribution in [1.29, 1.82) is 5.26 Å². The molecule has 0 saturated heterocycles. The molecule has 3 nitrogen and oxygen atoms in total. The molecular weight excluding hydrogens is 390 g/mol. The van der Waals surface area contributed by atoms with Gasteiger partial charge in [-0.05, 0) is 61.1 Å². The maximum Gasteiger partial charge on any atom is 0.141 e. The van der Waals surface area contributed by atoms with Crippen LogP contribution in [0.4, 0.5) is 0 Å². The van der Waals surface area contributed by atoms with Crippen molar-refractivity contribution in [3.05, 3.63) is 47.3 Å². The number of aryl methyl sites for hydroxylation is 2. The number of nitriles is 1. The van der Waals surface area contributed by atoms with Crippen LogP contribution in [-0.2, 0) is 12.8 Å². The zero-order valence-electron chi connectivity index (χ0n) is 20.5. The second-order valence-corrected chi connectivity index (χ2v) is 9.15. The first-order valence-electron chi connectivity index (χ1n) is 13.1. The number of aromatic nitrogens is 2. The lowest BCUT2D eigenvalue weighted by atomic mass is 10.0. The van der Waals surface area contributed by atoms with Crippen LogP contribution in [0.1, 0.15) is 121 Å². The van der Waals surface area contributed by atoms with Crippen molar-refractivity contribution in [2.24, 2.45) is 0 Å². The van der Waals surface area contributed by atoms with E-state index in [1.54, 1.807) is 0 Å². The summed E-state index contributed by atoms with van der Waals surface area (Å²) in [6.45, 7) is 4.52. The Morgan fingerprint density at radius 2 is 1.19 bits per heavy atom. The van der Waals surface area contributed by atoms with Gasteiger partial charge in [-0.25, -0.2) is 4.98 Å². The van der Waals surface area contributed by atoms with Gasteiger partial charge in [0.15, 0.2) is 0 Å². The van der Waals surface area contributed by atoms with Crippen molar-refractivity contribution >= 4 is 0 Å². The lowest BCUT2D eigenvalue weighted by molar-refractivity contribution is 0.589. The lowest BCUT2D eigenvalue weighted by Gasteiger charge is -2.08. The van der Waals surface area contributed by atoms with Gasteiger partial charge in [-0.15, -0.1) is 0 Å². The smallest absolute Gasteiger partial charge is 0.141 e. The molecule has 0 bridgehead atoms. The third kappa shape index (κ3) is 10.4. The Morgan fingerprint density at radius 1 is 0.656 bits per heavy atom. The average molecular weight is 434 g/mol. The molecule has 174 valence electrons. The highest BCUT2D eigenvalue weighted by molar-refractivity contribution is 5.57. The van der Waals surface area contributed by atoms with E-state index in [1.165, 1.54) is 101 Å². The van der Waals surface area contributed by atoms with Crippen LogP contribution in [0.15, 0.2) is 30.5 Å². The fourth-order valence-electron chi connectivity index (χ4n) is 4.26. The van der Waals surface area contributed by atoms with E-state index in [2.05, 4.69) is 48.1 Å². The molecule has 0 amide bonds. The quantitative estimate of drug-likeness (QED) is 0.235. The standard InChI is InChI=1S/C29H43N3/c1-3-5-7-9-11-13-15-17-25-19-20-31-28(22-25)29-23-26(21-27(24-30)32-29)18-16-14-12-10-8-6-4-2/h19-23H,3-18H2,1-2H3. The monoisotopic (exact) mass is 433 g/mol. The minimum Gasteiger partial charge on any atom is -0.255 e. The van der Waals surface area contributed by atoms with Crippen LogP contribution in [0.2, 0.25) is 0 Å². The van der Waals surface area contributed by atoms with Gasteiger partial charge in [0, 0.05) is 6.20 Å². The summed E-state index contributed by atoms with van der Waals surface area (Å²) >= 11 is 0. The van der Waals surface area contributed by atoms with Crippen molar-refractivity contribution in [3.63, 3.8) is 0 Å². The number of hydrogen-bond acceptors (Lipinski definition) is 3. The van der Waals surface area contributed by atoms with E-state index in [-0.39, 0.29) is 0 Å². The first-order chi connectivity index (χ1) is 15.8. The topological polar surface area (TPSA) is 49.6 Å². The summed E-state index contributed by atoms with van der Waals surface area (Å²) in [5, 5.41) is 9.47. The Balaban J connectivity index is 1.89. The molecule has 3 heteroatoms. The van der Waals surface area contributed by atoms with Crippen molar-refractivity contribution in [3.8, 4) is 17.5 Å². The van der Waals surface area contributed by atoms with Gasteiger partial charge in [-0.3, -0.25) is 4.98 Å². The molecule has 0 unspecified atom stereocenters. The van der Waals surface area contributed by atoms with E-state index in [0.717, 1.165) is 24.2 Å². The van der Waals surface area contributed by atoms with E-state index in [1.807, 2.05) is 12.3 Å². The van der Waals surface area contributed by atoms with Gasteiger partial charge in [0.05, 0.1) is 11.4 Å². The molecule has 2 rings (SSSR count). The number of unbranched alkanes of at least 4 members (excludes halogenated alkanes) is 12. The first kappa shape index (κ1) is 26.0. The van der Waals surface area contributed by atoms with Gasteiger partial charge in [0.2, 0.25) is 0 Å². The number of hydrogen-bond donors (Lipinski definition) is 0. The SMILES string of the molecule is CCCCCCCCCc1ccnc(-c2cc(CCCCCCCCC)cc(C#N)n2)c1. The molecule has 0 atom stereocenters.